The molecule has 0 radical (unpaired) electrons. The SMILES string of the molecule is Cc1ccc(-c2cc(-c3ccc(C)cc3)c3c(c2)c2ccccc2n3-c2ccccc2)cc1. The number of aromatic nitrogens is 1. The van der Waals surface area contributed by atoms with Crippen LogP contribution in [0.5, 0.6) is 0 Å². The topological polar surface area (TPSA) is 4.93 Å². The Bertz CT molecular complexity index is 1590. The van der Waals surface area contributed by atoms with Gasteiger partial charge in [0, 0.05) is 22.0 Å². The standard InChI is InChI=1S/C32H25N/c1-22-12-16-24(17-13-22)26-20-29(25-18-14-23(2)15-19-25)32-30(21-26)28-10-6-7-11-31(28)33(32)27-8-4-3-5-9-27/h3-21H,1-2H3. The van der Waals surface area contributed by atoms with Crippen LogP contribution in [-0.4, -0.2) is 4.57 Å². The van der Waals surface area contributed by atoms with Gasteiger partial charge in [0.15, 0.2) is 0 Å². The van der Waals surface area contributed by atoms with Gasteiger partial charge in [-0.15, -0.1) is 0 Å². The number of hydrogen-bond acceptors (Lipinski definition) is 0. The summed E-state index contributed by atoms with van der Waals surface area (Å²) in [6, 6.07) is 41.9. The largest absolute Gasteiger partial charge is 0.309 e. The van der Waals surface area contributed by atoms with Crippen LogP contribution in [0, 0.1) is 13.8 Å². The van der Waals surface area contributed by atoms with Gasteiger partial charge in [-0.3, -0.25) is 0 Å². The van der Waals surface area contributed by atoms with Gasteiger partial charge in [0.2, 0.25) is 0 Å². The first-order valence-corrected chi connectivity index (χ1v) is 11.5. The summed E-state index contributed by atoms with van der Waals surface area (Å²) in [4.78, 5) is 0. The van der Waals surface area contributed by atoms with Gasteiger partial charge < -0.3 is 4.57 Å². The van der Waals surface area contributed by atoms with Gasteiger partial charge in [0.1, 0.15) is 0 Å². The van der Waals surface area contributed by atoms with E-state index < -0.39 is 0 Å². The molecular formula is C32H25N. The molecule has 0 unspecified atom stereocenters. The molecule has 33 heavy (non-hydrogen) atoms. The van der Waals surface area contributed by atoms with Gasteiger partial charge in [-0.2, -0.15) is 0 Å². The predicted octanol–water partition coefficient (Wildman–Crippen LogP) is 8.73. The maximum Gasteiger partial charge on any atom is 0.0619 e. The van der Waals surface area contributed by atoms with Crippen LogP contribution in [0.1, 0.15) is 11.1 Å². The van der Waals surface area contributed by atoms with Crippen molar-refractivity contribution in [2.24, 2.45) is 0 Å². The molecule has 0 bridgehead atoms. The Balaban J connectivity index is 1.77. The molecule has 1 heterocycles. The molecule has 0 atom stereocenters. The Morgan fingerprint density at radius 3 is 1.79 bits per heavy atom. The lowest BCUT2D eigenvalue weighted by molar-refractivity contribution is 1.18. The van der Waals surface area contributed by atoms with E-state index in [1.807, 2.05) is 0 Å². The summed E-state index contributed by atoms with van der Waals surface area (Å²) in [6.45, 7) is 4.28. The maximum absolute atomic E-state index is 2.42. The van der Waals surface area contributed by atoms with E-state index in [1.165, 1.54) is 60.9 Å². The first kappa shape index (κ1) is 19.6. The zero-order valence-corrected chi connectivity index (χ0v) is 18.9. The molecule has 0 spiro atoms. The number of nitrogens with zero attached hydrogens (tertiary/aromatic N) is 1. The number of hydrogen-bond donors (Lipinski definition) is 0. The van der Waals surface area contributed by atoms with Crippen molar-refractivity contribution in [2.75, 3.05) is 0 Å². The molecule has 1 heteroatoms. The lowest BCUT2D eigenvalue weighted by Gasteiger charge is -2.14. The fraction of sp³-hybridized carbons (Fsp3) is 0.0625. The fourth-order valence-electron chi connectivity index (χ4n) is 4.81. The van der Waals surface area contributed by atoms with E-state index in [2.05, 4.69) is 134 Å². The van der Waals surface area contributed by atoms with Crippen LogP contribution < -0.4 is 0 Å². The minimum atomic E-state index is 1.18. The first-order valence-electron chi connectivity index (χ1n) is 11.5. The second-order valence-electron chi connectivity index (χ2n) is 8.84. The minimum absolute atomic E-state index is 1.18. The van der Waals surface area contributed by atoms with Gasteiger partial charge >= 0.3 is 0 Å². The number of rotatable bonds is 3. The highest BCUT2D eigenvalue weighted by Gasteiger charge is 2.18. The molecule has 0 saturated carbocycles. The van der Waals surface area contributed by atoms with E-state index >= 15 is 0 Å². The molecule has 0 saturated heterocycles. The molecule has 158 valence electrons. The minimum Gasteiger partial charge on any atom is -0.309 e. The smallest absolute Gasteiger partial charge is 0.0619 e. The normalized spacial score (nSPS) is 11.3. The van der Waals surface area contributed by atoms with E-state index in [-0.39, 0.29) is 0 Å². The molecule has 1 aromatic heterocycles. The Morgan fingerprint density at radius 2 is 1.09 bits per heavy atom. The second-order valence-corrected chi connectivity index (χ2v) is 8.84. The molecule has 6 rings (SSSR count). The van der Waals surface area contributed by atoms with Crippen LogP contribution in [0.15, 0.2) is 115 Å². The second kappa shape index (κ2) is 7.79. The van der Waals surface area contributed by atoms with Crippen molar-refractivity contribution in [2.45, 2.75) is 13.8 Å². The third kappa shape index (κ3) is 3.34. The molecule has 5 aromatic carbocycles. The van der Waals surface area contributed by atoms with Crippen molar-refractivity contribution in [3.63, 3.8) is 0 Å². The molecule has 0 fully saturated rings. The third-order valence-electron chi connectivity index (χ3n) is 6.53. The van der Waals surface area contributed by atoms with E-state index in [4.69, 9.17) is 0 Å². The zero-order valence-electron chi connectivity index (χ0n) is 18.9. The highest BCUT2D eigenvalue weighted by molar-refractivity contribution is 6.15. The van der Waals surface area contributed by atoms with Crippen molar-refractivity contribution in [1.29, 1.82) is 0 Å². The van der Waals surface area contributed by atoms with Gasteiger partial charge in [0.25, 0.3) is 0 Å². The van der Waals surface area contributed by atoms with Crippen LogP contribution >= 0.6 is 0 Å². The number of aryl methyl sites for hydroxylation is 2. The van der Waals surface area contributed by atoms with Crippen LogP contribution in [0.2, 0.25) is 0 Å². The molecule has 0 aliphatic heterocycles. The Kier molecular flexibility index (Phi) is 4.62. The highest BCUT2D eigenvalue weighted by atomic mass is 15.0. The summed E-state index contributed by atoms with van der Waals surface area (Å²) in [5.41, 5.74) is 11.2. The summed E-state index contributed by atoms with van der Waals surface area (Å²) in [6.07, 6.45) is 0. The van der Waals surface area contributed by atoms with E-state index in [0.29, 0.717) is 0 Å². The molecule has 0 aliphatic carbocycles. The summed E-state index contributed by atoms with van der Waals surface area (Å²) in [5.74, 6) is 0. The van der Waals surface area contributed by atoms with Crippen LogP contribution in [0.4, 0.5) is 0 Å². The maximum atomic E-state index is 2.42. The number of fused-ring (bicyclic) bond motifs is 3. The third-order valence-corrected chi connectivity index (χ3v) is 6.53. The Labute approximate surface area is 194 Å². The van der Waals surface area contributed by atoms with Gasteiger partial charge in [-0.05, 0) is 60.9 Å². The Morgan fingerprint density at radius 1 is 0.485 bits per heavy atom. The molecule has 0 aliphatic rings. The first-order chi connectivity index (χ1) is 16.2. The van der Waals surface area contributed by atoms with Crippen molar-refractivity contribution in [3.8, 4) is 27.9 Å². The lowest BCUT2D eigenvalue weighted by atomic mass is 9.94. The average Bonchev–Trinajstić information content (AvgIpc) is 3.19. The predicted molar refractivity (Wildman–Crippen MR) is 141 cm³/mol. The van der Waals surface area contributed by atoms with E-state index in [0.717, 1.165) is 0 Å². The highest BCUT2D eigenvalue weighted by Crippen LogP contribution is 2.41. The summed E-state index contributed by atoms with van der Waals surface area (Å²) < 4.78 is 2.42. The molecule has 0 N–H and O–H groups in total. The average molecular weight is 424 g/mol. The Hall–Kier alpha value is -4.10. The van der Waals surface area contributed by atoms with E-state index in [9.17, 15) is 0 Å². The quantitative estimate of drug-likeness (QED) is 0.268. The van der Waals surface area contributed by atoms with Crippen molar-refractivity contribution in [3.05, 3.63) is 126 Å². The van der Waals surface area contributed by atoms with Crippen LogP contribution in [0.25, 0.3) is 49.7 Å². The zero-order chi connectivity index (χ0) is 22.4. The molecule has 6 aromatic rings. The van der Waals surface area contributed by atoms with Crippen molar-refractivity contribution >= 4 is 21.8 Å². The van der Waals surface area contributed by atoms with Crippen molar-refractivity contribution < 1.29 is 0 Å². The van der Waals surface area contributed by atoms with Gasteiger partial charge in [-0.1, -0.05) is 96.1 Å². The van der Waals surface area contributed by atoms with E-state index in [1.54, 1.807) is 0 Å². The fourth-order valence-corrected chi connectivity index (χ4v) is 4.81. The summed E-state index contributed by atoms with van der Waals surface area (Å²) >= 11 is 0. The molecule has 0 amide bonds. The van der Waals surface area contributed by atoms with Crippen molar-refractivity contribution in [1.82, 2.24) is 4.57 Å². The van der Waals surface area contributed by atoms with Gasteiger partial charge in [0.05, 0.1) is 11.0 Å². The van der Waals surface area contributed by atoms with Crippen LogP contribution in [0.3, 0.4) is 0 Å². The monoisotopic (exact) mass is 423 g/mol. The number of para-hydroxylation sites is 2. The summed E-state index contributed by atoms with van der Waals surface area (Å²) in [7, 11) is 0. The lowest BCUT2D eigenvalue weighted by Crippen LogP contribution is -1.95. The van der Waals surface area contributed by atoms with Crippen LogP contribution in [-0.2, 0) is 0 Å². The van der Waals surface area contributed by atoms with Gasteiger partial charge in [-0.25, -0.2) is 0 Å². The number of benzene rings is 5. The summed E-state index contributed by atoms with van der Waals surface area (Å²) in [5, 5.41) is 2.56. The molecule has 1 nitrogen and oxygen atoms in total. The molecular weight excluding hydrogens is 398 g/mol.